The summed E-state index contributed by atoms with van der Waals surface area (Å²) in [5.74, 6) is 2.79. The molecule has 1 aliphatic rings. The molecule has 1 saturated carbocycles. The summed E-state index contributed by atoms with van der Waals surface area (Å²) in [4.78, 5) is 11.5. The Morgan fingerprint density at radius 3 is 2.55 bits per heavy atom. The summed E-state index contributed by atoms with van der Waals surface area (Å²) in [5.41, 5.74) is 1.03. The lowest BCUT2D eigenvalue weighted by atomic mass is 9.84. The molecule has 1 fully saturated rings. The first-order valence-electron chi connectivity index (χ1n) is 7.85. The van der Waals surface area contributed by atoms with E-state index in [4.69, 9.17) is 0 Å². The Morgan fingerprint density at radius 1 is 1.25 bits per heavy atom. The van der Waals surface area contributed by atoms with Crippen LogP contribution in [0.5, 0.6) is 0 Å². The van der Waals surface area contributed by atoms with Gasteiger partial charge in [-0.25, -0.2) is 9.97 Å². The van der Waals surface area contributed by atoms with Crippen LogP contribution in [0.2, 0.25) is 0 Å². The minimum absolute atomic E-state index is 0.694. The lowest BCUT2D eigenvalue weighted by molar-refractivity contribution is 0.154. The van der Waals surface area contributed by atoms with E-state index < -0.39 is 0 Å². The third-order valence-electron chi connectivity index (χ3n) is 4.56. The molecular weight excluding hydrogens is 248 g/mol. The van der Waals surface area contributed by atoms with Gasteiger partial charge in [0, 0.05) is 24.8 Å². The second-order valence-electron chi connectivity index (χ2n) is 6.06. The first-order valence-corrected chi connectivity index (χ1v) is 7.85. The third-order valence-corrected chi connectivity index (χ3v) is 4.56. The molecule has 0 unspecified atom stereocenters. The largest absolute Gasteiger partial charge is 0.373 e. The van der Waals surface area contributed by atoms with Crippen LogP contribution in [0.3, 0.4) is 0 Å². The van der Waals surface area contributed by atoms with Crippen molar-refractivity contribution >= 4 is 5.82 Å². The van der Waals surface area contributed by atoms with Crippen molar-refractivity contribution in [2.24, 2.45) is 5.92 Å². The summed E-state index contributed by atoms with van der Waals surface area (Å²) in [7, 11) is 4.11. The van der Waals surface area contributed by atoms with Gasteiger partial charge in [-0.2, -0.15) is 0 Å². The number of aromatic nitrogens is 2. The van der Waals surface area contributed by atoms with E-state index in [9.17, 15) is 0 Å². The van der Waals surface area contributed by atoms with E-state index in [2.05, 4.69) is 34.2 Å². The Morgan fingerprint density at radius 2 is 1.95 bits per heavy atom. The maximum Gasteiger partial charge on any atom is 0.144 e. The number of hydrogen-bond acceptors (Lipinski definition) is 4. The van der Waals surface area contributed by atoms with Gasteiger partial charge in [0.05, 0.1) is 6.54 Å². The average molecular weight is 276 g/mol. The summed E-state index contributed by atoms with van der Waals surface area (Å²) in [6.07, 6.45) is 6.73. The summed E-state index contributed by atoms with van der Waals surface area (Å²) in [6, 6.07) is 2.68. The molecule has 0 aromatic carbocycles. The van der Waals surface area contributed by atoms with E-state index in [0.717, 1.165) is 29.8 Å². The van der Waals surface area contributed by atoms with Gasteiger partial charge in [-0.1, -0.05) is 13.3 Å². The van der Waals surface area contributed by atoms with Crippen LogP contribution in [0, 0.1) is 12.8 Å². The zero-order valence-electron chi connectivity index (χ0n) is 13.3. The smallest absolute Gasteiger partial charge is 0.144 e. The lowest BCUT2D eigenvalue weighted by Crippen LogP contribution is -2.35. The van der Waals surface area contributed by atoms with Crippen LogP contribution in [0.4, 0.5) is 5.82 Å². The molecule has 2 rings (SSSR count). The highest BCUT2D eigenvalue weighted by atomic mass is 15.2. The van der Waals surface area contributed by atoms with Crippen molar-refractivity contribution in [2.45, 2.75) is 58.5 Å². The molecule has 0 radical (unpaired) electrons. The Bertz CT molecular complexity index is 424. The van der Waals surface area contributed by atoms with Crippen molar-refractivity contribution in [3.63, 3.8) is 0 Å². The maximum absolute atomic E-state index is 4.55. The molecular formula is C16H28N4. The lowest BCUT2D eigenvalue weighted by Gasteiger charge is -2.34. The molecule has 0 bridgehead atoms. The molecule has 1 N–H and O–H groups in total. The van der Waals surface area contributed by atoms with Gasteiger partial charge in [0.15, 0.2) is 0 Å². The number of nitrogens with zero attached hydrogens (tertiary/aromatic N) is 3. The average Bonchev–Trinajstić information content (AvgIpc) is 2.46. The van der Waals surface area contributed by atoms with Crippen molar-refractivity contribution in [3.05, 3.63) is 17.6 Å². The van der Waals surface area contributed by atoms with Gasteiger partial charge in [0.25, 0.3) is 0 Å². The fourth-order valence-corrected chi connectivity index (χ4v) is 3.17. The van der Waals surface area contributed by atoms with Crippen LogP contribution in [0.25, 0.3) is 0 Å². The summed E-state index contributed by atoms with van der Waals surface area (Å²) < 4.78 is 0. The second kappa shape index (κ2) is 7.02. The first-order chi connectivity index (χ1) is 9.62. The fourth-order valence-electron chi connectivity index (χ4n) is 3.17. The molecule has 0 aliphatic heterocycles. The highest BCUT2D eigenvalue weighted by molar-refractivity contribution is 5.34. The molecule has 1 aromatic rings. The fraction of sp³-hybridized carbons (Fsp3) is 0.750. The van der Waals surface area contributed by atoms with Gasteiger partial charge in [-0.15, -0.1) is 0 Å². The van der Waals surface area contributed by atoms with Gasteiger partial charge in [-0.3, -0.25) is 4.90 Å². The normalized spacial score (nSPS) is 23.1. The van der Waals surface area contributed by atoms with E-state index >= 15 is 0 Å². The third kappa shape index (κ3) is 3.92. The Labute approximate surface area is 123 Å². The van der Waals surface area contributed by atoms with Gasteiger partial charge in [0.1, 0.15) is 11.6 Å². The second-order valence-corrected chi connectivity index (χ2v) is 6.06. The van der Waals surface area contributed by atoms with Crippen molar-refractivity contribution in [3.8, 4) is 0 Å². The number of hydrogen-bond donors (Lipinski definition) is 1. The number of aryl methyl sites for hydroxylation is 1. The maximum atomic E-state index is 4.55. The Hall–Kier alpha value is -1.16. The molecule has 1 aliphatic carbocycles. The minimum atomic E-state index is 0.694. The predicted molar refractivity (Wildman–Crippen MR) is 83.8 cm³/mol. The number of nitrogens with one attached hydrogen (secondary N) is 1. The number of rotatable bonds is 5. The SMILES string of the molecule is CCC1CCC(N(C)Cc2nc(C)cc(NC)n2)CC1. The van der Waals surface area contributed by atoms with Gasteiger partial charge in [-0.05, 0) is 45.6 Å². The molecule has 112 valence electrons. The minimum Gasteiger partial charge on any atom is -0.373 e. The predicted octanol–water partition coefficient (Wildman–Crippen LogP) is 3.23. The van der Waals surface area contributed by atoms with Crippen LogP contribution >= 0.6 is 0 Å². The molecule has 1 heterocycles. The zero-order valence-corrected chi connectivity index (χ0v) is 13.3. The first kappa shape index (κ1) is 15.2. The Balaban J connectivity index is 1.94. The highest BCUT2D eigenvalue weighted by Gasteiger charge is 2.23. The number of anilines is 1. The summed E-state index contributed by atoms with van der Waals surface area (Å²) in [5, 5.41) is 3.10. The summed E-state index contributed by atoms with van der Waals surface area (Å²) >= 11 is 0. The molecule has 0 spiro atoms. The van der Waals surface area contributed by atoms with Crippen molar-refractivity contribution < 1.29 is 0 Å². The van der Waals surface area contributed by atoms with E-state index in [1.165, 1.54) is 32.1 Å². The van der Waals surface area contributed by atoms with Gasteiger partial charge < -0.3 is 5.32 Å². The van der Waals surface area contributed by atoms with Crippen molar-refractivity contribution in [2.75, 3.05) is 19.4 Å². The molecule has 4 heteroatoms. The molecule has 0 amide bonds. The van der Waals surface area contributed by atoms with E-state index in [-0.39, 0.29) is 0 Å². The molecule has 0 saturated heterocycles. The van der Waals surface area contributed by atoms with Crippen LogP contribution in [-0.4, -0.2) is 35.0 Å². The van der Waals surface area contributed by atoms with E-state index in [1.54, 1.807) is 0 Å². The van der Waals surface area contributed by atoms with Crippen molar-refractivity contribution in [1.29, 1.82) is 0 Å². The topological polar surface area (TPSA) is 41.1 Å². The molecule has 4 nitrogen and oxygen atoms in total. The van der Waals surface area contributed by atoms with Crippen LogP contribution in [0.15, 0.2) is 6.07 Å². The van der Waals surface area contributed by atoms with Crippen LogP contribution < -0.4 is 5.32 Å². The van der Waals surface area contributed by atoms with Crippen LogP contribution in [-0.2, 0) is 6.54 Å². The van der Waals surface area contributed by atoms with Gasteiger partial charge in [0.2, 0.25) is 0 Å². The highest BCUT2D eigenvalue weighted by Crippen LogP contribution is 2.29. The van der Waals surface area contributed by atoms with Gasteiger partial charge >= 0.3 is 0 Å². The van der Waals surface area contributed by atoms with Crippen LogP contribution in [0.1, 0.15) is 50.5 Å². The molecule has 1 aromatic heterocycles. The standard InChI is InChI=1S/C16H28N4/c1-5-13-6-8-14(9-7-13)20(4)11-16-18-12(2)10-15(17-3)19-16/h10,13-14H,5-9,11H2,1-4H3,(H,17,18,19). The van der Waals surface area contributed by atoms with E-state index in [0.29, 0.717) is 6.04 Å². The Kier molecular flexibility index (Phi) is 5.35. The summed E-state index contributed by atoms with van der Waals surface area (Å²) in [6.45, 7) is 5.19. The van der Waals surface area contributed by atoms with Crippen molar-refractivity contribution in [1.82, 2.24) is 14.9 Å². The zero-order chi connectivity index (χ0) is 14.5. The quantitative estimate of drug-likeness (QED) is 0.896. The molecule has 0 atom stereocenters. The van der Waals surface area contributed by atoms with E-state index in [1.807, 2.05) is 20.0 Å². The monoisotopic (exact) mass is 276 g/mol. The molecule has 20 heavy (non-hydrogen) atoms.